The normalized spacial score (nSPS) is 11.9. The van der Waals surface area contributed by atoms with Gasteiger partial charge in [-0.3, -0.25) is 4.90 Å². The summed E-state index contributed by atoms with van der Waals surface area (Å²) < 4.78 is 0. The Morgan fingerprint density at radius 2 is 2.00 bits per heavy atom. The zero-order valence-electron chi connectivity index (χ0n) is 12.3. The summed E-state index contributed by atoms with van der Waals surface area (Å²) in [7, 11) is 0. The molecule has 0 bridgehead atoms. The molecule has 1 aromatic heterocycles. The summed E-state index contributed by atoms with van der Waals surface area (Å²) in [5.74, 6) is 0.796. The molecular weight excluding hydrogens is 240 g/mol. The molecule has 0 aliphatic rings. The van der Waals surface area contributed by atoms with E-state index in [1.165, 1.54) is 11.3 Å². The van der Waals surface area contributed by atoms with Gasteiger partial charge in [-0.05, 0) is 44.2 Å². The predicted molar refractivity (Wildman–Crippen MR) is 82.2 cm³/mol. The van der Waals surface area contributed by atoms with Crippen LogP contribution in [0.4, 0.5) is 0 Å². The number of hydrogen-bond donors (Lipinski definition) is 1. The van der Waals surface area contributed by atoms with Crippen LogP contribution in [-0.2, 0) is 6.54 Å². The highest BCUT2D eigenvalue weighted by molar-refractivity contribution is 7.09. The highest BCUT2D eigenvalue weighted by Gasteiger charge is 2.10. The van der Waals surface area contributed by atoms with Crippen LogP contribution in [0.1, 0.15) is 39.0 Å². The molecular formula is C15H28N2S. The van der Waals surface area contributed by atoms with Crippen molar-refractivity contribution in [1.29, 1.82) is 0 Å². The van der Waals surface area contributed by atoms with Gasteiger partial charge in [0.2, 0.25) is 0 Å². The topological polar surface area (TPSA) is 15.3 Å². The predicted octanol–water partition coefficient (Wildman–Crippen LogP) is 3.59. The van der Waals surface area contributed by atoms with E-state index in [4.69, 9.17) is 0 Å². The minimum Gasteiger partial charge on any atom is -0.315 e. The van der Waals surface area contributed by atoms with Gasteiger partial charge in [0.25, 0.3) is 0 Å². The zero-order chi connectivity index (χ0) is 13.4. The van der Waals surface area contributed by atoms with Crippen LogP contribution in [0, 0.1) is 5.92 Å². The summed E-state index contributed by atoms with van der Waals surface area (Å²) in [6.07, 6.45) is 1.27. The summed E-state index contributed by atoms with van der Waals surface area (Å²) in [4.78, 5) is 4.00. The Labute approximate surface area is 116 Å². The third-order valence-electron chi connectivity index (χ3n) is 3.14. The van der Waals surface area contributed by atoms with Crippen molar-refractivity contribution in [2.75, 3.05) is 19.6 Å². The van der Waals surface area contributed by atoms with Gasteiger partial charge in [-0.1, -0.05) is 19.9 Å². The molecule has 18 heavy (non-hydrogen) atoms. The Balaban J connectivity index is 2.22. The van der Waals surface area contributed by atoms with Gasteiger partial charge in [-0.25, -0.2) is 0 Å². The molecule has 0 aromatic carbocycles. The van der Waals surface area contributed by atoms with Crippen LogP contribution >= 0.6 is 11.3 Å². The standard InChI is InChI=1S/C15H28N2S/c1-13(2)7-8-16-9-10-17(14(3)4)12-15-6-5-11-18-15/h5-6,11,13-14,16H,7-10,12H2,1-4H3. The maximum Gasteiger partial charge on any atom is 0.0331 e. The number of hydrogen-bond acceptors (Lipinski definition) is 3. The van der Waals surface area contributed by atoms with E-state index in [2.05, 4.69) is 55.4 Å². The summed E-state index contributed by atoms with van der Waals surface area (Å²) in [5, 5.41) is 5.70. The van der Waals surface area contributed by atoms with Crippen molar-refractivity contribution in [3.8, 4) is 0 Å². The Hall–Kier alpha value is -0.380. The third-order valence-corrected chi connectivity index (χ3v) is 4.00. The van der Waals surface area contributed by atoms with E-state index in [0.29, 0.717) is 6.04 Å². The number of nitrogens with one attached hydrogen (secondary N) is 1. The molecule has 104 valence electrons. The quantitative estimate of drug-likeness (QED) is 0.689. The van der Waals surface area contributed by atoms with E-state index in [0.717, 1.165) is 32.1 Å². The fourth-order valence-electron chi connectivity index (χ4n) is 1.86. The molecule has 0 spiro atoms. The minimum absolute atomic E-state index is 0.610. The van der Waals surface area contributed by atoms with Crippen molar-refractivity contribution < 1.29 is 0 Å². The molecule has 1 N–H and O–H groups in total. The number of nitrogens with zero attached hydrogens (tertiary/aromatic N) is 1. The van der Waals surface area contributed by atoms with Gasteiger partial charge >= 0.3 is 0 Å². The molecule has 0 amide bonds. The van der Waals surface area contributed by atoms with Crippen LogP contribution in [-0.4, -0.2) is 30.6 Å². The Morgan fingerprint density at radius 3 is 2.56 bits per heavy atom. The first kappa shape index (κ1) is 15.7. The lowest BCUT2D eigenvalue weighted by Gasteiger charge is -2.26. The molecule has 3 heteroatoms. The summed E-state index contributed by atoms with van der Waals surface area (Å²) in [6, 6.07) is 4.98. The Kier molecular flexibility index (Phi) is 7.56. The smallest absolute Gasteiger partial charge is 0.0331 e. The molecule has 0 aliphatic heterocycles. The lowest BCUT2D eigenvalue weighted by atomic mass is 10.1. The highest BCUT2D eigenvalue weighted by atomic mass is 32.1. The second-order valence-corrected chi connectivity index (χ2v) is 6.61. The van der Waals surface area contributed by atoms with E-state index >= 15 is 0 Å². The number of rotatable bonds is 9. The van der Waals surface area contributed by atoms with Gasteiger partial charge in [0.1, 0.15) is 0 Å². The molecule has 0 unspecified atom stereocenters. The zero-order valence-corrected chi connectivity index (χ0v) is 13.1. The summed E-state index contributed by atoms with van der Waals surface area (Å²) >= 11 is 1.85. The van der Waals surface area contributed by atoms with Gasteiger partial charge in [0.15, 0.2) is 0 Å². The van der Waals surface area contributed by atoms with Crippen LogP contribution in [0.25, 0.3) is 0 Å². The van der Waals surface area contributed by atoms with E-state index in [1.807, 2.05) is 11.3 Å². The second-order valence-electron chi connectivity index (χ2n) is 5.58. The molecule has 2 nitrogen and oxygen atoms in total. The van der Waals surface area contributed by atoms with Gasteiger partial charge < -0.3 is 5.32 Å². The van der Waals surface area contributed by atoms with Gasteiger partial charge in [0.05, 0.1) is 0 Å². The molecule has 0 fully saturated rings. The van der Waals surface area contributed by atoms with Crippen molar-refractivity contribution >= 4 is 11.3 Å². The maximum absolute atomic E-state index is 3.54. The van der Waals surface area contributed by atoms with Crippen LogP contribution in [0.3, 0.4) is 0 Å². The largest absolute Gasteiger partial charge is 0.315 e. The van der Waals surface area contributed by atoms with Crippen molar-refractivity contribution in [2.45, 2.75) is 46.7 Å². The van der Waals surface area contributed by atoms with E-state index in [-0.39, 0.29) is 0 Å². The van der Waals surface area contributed by atoms with Crippen molar-refractivity contribution in [2.24, 2.45) is 5.92 Å². The first-order chi connectivity index (χ1) is 8.59. The molecule has 0 atom stereocenters. The fraction of sp³-hybridized carbons (Fsp3) is 0.733. The average Bonchev–Trinajstić information content (AvgIpc) is 2.79. The maximum atomic E-state index is 3.54. The minimum atomic E-state index is 0.610. The first-order valence-corrected chi connectivity index (χ1v) is 7.94. The van der Waals surface area contributed by atoms with E-state index < -0.39 is 0 Å². The first-order valence-electron chi connectivity index (χ1n) is 7.06. The molecule has 1 aromatic rings. The Morgan fingerprint density at radius 1 is 1.22 bits per heavy atom. The lowest BCUT2D eigenvalue weighted by Crippen LogP contribution is -2.36. The molecule has 0 saturated carbocycles. The Bertz CT molecular complexity index is 293. The highest BCUT2D eigenvalue weighted by Crippen LogP contribution is 2.13. The second kappa shape index (κ2) is 8.68. The van der Waals surface area contributed by atoms with E-state index in [9.17, 15) is 0 Å². The van der Waals surface area contributed by atoms with Gasteiger partial charge in [0, 0.05) is 30.6 Å². The van der Waals surface area contributed by atoms with Crippen LogP contribution in [0.15, 0.2) is 17.5 Å². The fourth-order valence-corrected chi connectivity index (χ4v) is 2.59. The van der Waals surface area contributed by atoms with Crippen LogP contribution in [0.2, 0.25) is 0 Å². The van der Waals surface area contributed by atoms with Gasteiger partial charge in [-0.2, -0.15) is 0 Å². The summed E-state index contributed by atoms with van der Waals surface area (Å²) in [5.41, 5.74) is 0. The molecule has 1 heterocycles. The van der Waals surface area contributed by atoms with Crippen molar-refractivity contribution in [3.63, 3.8) is 0 Å². The monoisotopic (exact) mass is 268 g/mol. The molecule has 0 saturated heterocycles. The van der Waals surface area contributed by atoms with Crippen LogP contribution in [0.5, 0.6) is 0 Å². The number of thiophene rings is 1. The average molecular weight is 268 g/mol. The van der Waals surface area contributed by atoms with E-state index in [1.54, 1.807) is 0 Å². The molecule has 0 radical (unpaired) electrons. The van der Waals surface area contributed by atoms with Crippen LogP contribution < -0.4 is 5.32 Å². The van der Waals surface area contributed by atoms with Crippen molar-refractivity contribution in [3.05, 3.63) is 22.4 Å². The molecule has 1 rings (SSSR count). The molecule has 0 aliphatic carbocycles. The SMILES string of the molecule is CC(C)CCNCCN(Cc1cccs1)C(C)C. The van der Waals surface area contributed by atoms with Gasteiger partial charge in [-0.15, -0.1) is 11.3 Å². The summed E-state index contributed by atoms with van der Waals surface area (Å²) in [6.45, 7) is 13.6. The van der Waals surface area contributed by atoms with Crippen molar-refractivity contribution in [1.82, 2.24) is 10.2 Å². The third kappa shape index (κ3) is 6.53. The lowest BCUT2D eigenvalue weighted by molar-refractivity contribution is 0.215.